The monoisotopic (exact) mass is 549 g/mol. The molecule has 1 saturated heterocycles. The number of hydrogen-bond acceptors (Lipinski definition) is 5. The maximum absolute atomic E-state index is 13.9. The van der Waals surface area contributed by atoms with Crippen LogP contribution in [0.4, 0.5) is 40.4 Å². The summed E-state index contributed by atoms with van der Waals surface area (Å²) in [5, 5.41) is 3.14. The highest BCUT2D eigenvalue weighted by molar-refractivity contribution is 6.31. The van der Waals surface area contributed by atoms with Crippen LogP contribution in [0.5, 0.6) is 0 Å². The van der Waals surface area contributed by atoms with Gasteiger partial charge in [0, 0.05) is 42.4 Å². The van der Waals surface area contributed by atoms with Crippen molar-refractivity contribution < 1.29 is 22.4 Å². The van der Waals surface area contributed by atoms with Gasteiger partial charge in [-0.15, -0.1) is 0 Å². The van der Waals surface area contributed by atoms with Crippen molar-refractivity contribution in [3.63, 3.8) is 0 Å². The van der Waals surface area contributed by atoms with Gasteiger partial charge in [0.15, 0.2) is 0 Å². The number of nitrogens with zero attached hydrogens (tertiary/aromatic N) is 3. The smallest absolute Gasteiger partial charge is 0.399 e. The van der Waals surface area contributed by atoms with E-state index in [-0.39, 0.29) is 29.0 Å². The van der Waals surface area contributed by atoms with E-state index in [0.29, 0.717) is 43.7 Å². The maximum Gasteiger partial charge on any atom is 0.416 e. The maximum atomic E-state index is 13.9. The minimum Gasteiger partial charge on any atom is -0.399 e. The lowest BCUT2D eigenvalue weighted by atomic mass is 10.1. The average Bonchev–Trinajstić information content (AvgIpc) is 3.36. The van der Waals surface area contributed by atoms with Crippen LogP contribution >= 0.6 is 11.6 Å². The topological polar surface area (TPSA) is 74.5 Å². The van der Waals surface area contributed by atoms with Crippen LogP contribution in [0.3, 0.4) is 0 Å². The third kappa shape index (κ3) is 6.48. The number of aromatic nitrogens is 1. The molecule has 1 atom stereocenters. The average molecular weight is 550 g/mol. The number of benzene rings is 2. The molecule has 4 rings (SSSR count). The number of nitrogens with one attached hydrogen (secondary N) is 1. The van der Waals surface area contributed by atoms with E-state index in [1.807, 2.05) is 12.1 Å². The van der Waals surface area contributed by atoms with E-state index in [4.69, 9.17) is 17.3 Å². The quantitative estimate of drug-likeness (QED) is 0.196. The zero-order valence-electron chi connectivity index (χ0n) is 20.7. The Kier molecular flexibility index (Phi) is 8.30. The first-order valence-electron chi connectivity index (χ1n) is 12.2. The second-order valence-electron chi connectivity index (χ2n) is 9.20. The molecule has 1 fully saturated rings. The van der Waals surface area contributed by atoms with Gasteiger partial charge in [0.05, 0.1) is 10.6 Å². The summed E-state index contributed by atoms with van der Waals surface area (Å²) in [6.45, 7) is 2.70. The molecule has 0 spiro atoms. The summed E-state index contributed by atoms with van der Waals surface area (Å²) in [5.41, 5.74) is 7.05. The summed E-state index contributed by atoms with van der Waals surface area (Å²) in [7, 11) is 0. The van der Waals surface area contributed by atoms with Gasteiger partial charge in [-0.05, 0) is 80.8 Å². The van der Waals surface area contributed by atoms with E-state index >= 15 is 0 Å². The van der Waals surface area contributed by atoms with Crippen molar-refractivity contribution in [2.45, 2.75) is 38.4 Å². The Labute approximate surface area is 223 Å². The van der Waals surface area contributed by atoms with Crippen LogP contribution in [0.2, 0.25) is 5.02 Å². The normalized spacial score (nSPS) is 15.5. The number of alkyl halides is 3. The minimum atomic E-state index is -4.53. The number of carbonyl (C=O) groups excluding carboxylic acids is 1. The molecule has 0 saturated carbocycles. The van der Waals surface area contributed by atoms with Crippen LogP contribution in [-0.4, -0.2) is 36.6 Å². The molecule has 3 aromatic rings. The van der Waals surface area contributed by atoms with Crippen LogP contribution in [0.25, 0.3) is 0 Å². The second-order valence-corrected chi connectivity index (χ2v) is 9.60. The van der Waals surface area contributed by atoms with E-state index in [2.05, 4.69) is 10.3 Å². The molecule has 1 aliphatic heterocycles. The Balaban J connectivity index is 1.56. The van der Waals surface area contributed by atoms with Crippen LogP contribution in [-0.2, 0) is 11.0 Å². The molecule has 1 aliphatic rings. The van der Waals surface area contributed by atoms with Gasteiger partial charge in [-0.3, -0.25) is 4.79 Å². The second kappa shape index (κ2) is 11.5. The summed E-state index contributed by atoms with van der Waals surface area (Å²) >= 11 is 6.02. The molecular formula is C27H28ClF4N5O. The lowest BCUT2D eigenvalue weighted by Crippen LogP contribution is -2.47. The number of nitrogen functional groups attached to an aromatic ring is 1. The Morgan fingerprint density at radius 2 is 1.92 bits per heavy atom. The molecule has 202 valence electrons. The highest BCUT2D eigenvalue weighted by atomic mass is 35.5. The molecule has 0 aliphatic carbocycles. The number of nitrogens with two attached hydrogens (primary N) is 1. The molecule has 0 radical (unpaired) electrons. The number of aryl methyl sites for hydroxylation is 1. The fourth-order valence-corrected chi connectivity index (χ4v) is 4.70. The van der Waals surface area contributed by atoms with Crippen molar-refractivity contribution in [2.24, 2.45) is 0 Å². The van der Waals surface area contributed by atoms with Crippen molar-refractivity contribution in [3.8, 4) is 0 Å². The zero-order valence-corrected chi connectivity index (χ0v) is 21.5. The first kappa shape index (κ1) is 27.5. The molecule has 2 heterocycles. The molecule has 0 bridgehead atoms. The molecule has 0 unspecified atom stereocenters. The Morgan fingerprint density at radius 1 is 1.18 bits per heavy atom. The molecule has 38 heavy (non-hydrogen) atoms. The van der Waals surface area contributed by atoms with Gasteiger partial charge in [0.1, 0.15) is 17.7 Å². The van der Waals surface area contributed by atoms with Gasteiger partial charge < -0.3 is 20.9 Å². The minimum absolute atomic E-state index is 0.107. The number of rotatable bonds is 8. The van der Waals surface area contributed by atoms with Gasteiger partial charge in [-0.1, -0.05) is 11.6 Å². The third-order valence-corrected chi connectivity index (χ3v) is 6.67. The van der Waals surface area contributed by atoms with Crippen LogP contribution < -0.4 is 20.9 Å². The zero-order chi connectivity index (χ0) is 27.4. The largest absolute Gasteiger partial charge is 0.416 e. The molecule has 1 aromatic heterocycles. The molecule has 11 heteroatoms. The van der Waals surface area contributed by atoms with E-state index in [1.165, 1.54) is 30.0 Å². The molecule has 2 aromatic carbocycles. The summed E-state index contributed by atoms with van der Waals surface area (Å²) in [4.78, 5) is 21.3. The first-order chi connectivity index (χ1) is 18.0. The summed E-state index contributed by atoms with van der Waals surface area (Å²) < 4.78 is 54.2. The van der Waals surface area contributed by atoms with Crippen molar-refractivity contribution in [3.05, 3.63) is 76.7 Å². The van der Waals surface area contributed by atoms with Crippen LogP contribution in [0.1, 0.15) is 30.5 Å². The van der Waals surface area contributed by atoms with Gasteiger partial charge in [-0.25, -0.2) is 9.37 Å². The number of pyridine rings is 1. The third-order valence-electron chi connectivity index (χ3n) is 6.38. The van der Waals surface area contributed by atoms with Gasteiger partial charge in [-0.2, -0.15) is 13.2 Å². The number of halogens is 5. The Morgan fingerprint density at radius 3 is 2.61 bits per heavy atom. The molecular weight excluding hydrogens is 522 g/mol. The van der Waals surface area contributed by atoms with Gasteiger partial charge in [0.25, 0.3) is 0 Å². The summed E-state index contributed by atoms with van der Waals surface area (Å²) in [6, 6.07) is 12.5. The SMILES string of the molecule is Cc1cc(C(F)(F)F)cc(N2CCC[C@H]2C(=O)N(CCCNc2ccc(N)cc2)c2ccc(F)c(Cl)c2)n1. The van der Waals surface area contributed by atoms with Crippen molar-refractivity contribution in [2.75, 3.05) is 40.5 Å². The standard InChI is InChI=1S/C27H28ClF4N5O/c1-17-14-18(27(30,31)32)15-25(35-17)37-12-2-4-24(37)26(38)36(21-9-10-23(29)22(28)16-21)13-3-11-34-20-7-5-19(33)6-8-20/h5-10,14-16,24,34H,2-4,11-13,33H2,1H3/t24-/m0/s1. The predicted octanol–water partition coefficient (Wildman–Crippen LogP) is 6.29. The molecule has 3 N–H and O–H groups in total. The fraction of sp³-hybridized carbons (Fsp3) is 0.333. The van der Waals surface area contributed by atoms with Crippen molar-refractivity contribution in [1.29, 1.82) is 0 Å². The predicted molar refractivity (Wildman–Crippen MR) is 142 cm³/mol. The number of hydrogen-bond donors (Lipinski definition) is 2. The molecule has 1 amide bonds. The fourth-order valence-electron chi connectivity index (χ4n) is 4.53. The lowest BCUT2D eigenvalue weighted by molar-refractivity contribution is -0.137. The number of amides is 1. The highest BCUT2D eigenvalue weighted by Gasteiger charge is 2.37. The summed E-state index contributed by atoms with van der Waals surface area (Å²) in [5.74, 6) is -0.816. The number of carbonyl (C=O) groups is 1. The van der Waals surface area contributed by atoms with E-state index in [1.54, 1.807) is 17.0 Å². The summed E-state index contributed by atoms with van der Waals surface area (Å²) in [6.07, 6.45) is -2.93. The molecule has 6 nitrogen and oxygen atoms in total. The Bertz CT molecular complexity index is 1290. The van der Waals surface area contributed by atoms with Crippen LogP contribution in [0, 0.1) is 12.7 Å². The van der Waals surface area contributed by atoms with Crippen molar-refractivity contribution >= 4 is 40.4 Å². The van der Waals surface area contributed by atoms with E-state index in [0.717, 1.165) is 17.8 Å². The van der Waals surface area contributed by atoms with Crippen molar-refractivity contribution in [1.82, 2.24) is 4.98 Å². The first-order valence-corrected chi connectivity index (χ1v) is 12.6. The Hall–Kier alpha value is -3.53. The number of anilines is 4. The van der Waals surface area contributed by atoms with Crippen LogP contribution in [0.15, 0.2) is 54.6 Å². The lowest BCUT2D eigenvalue weighted by Gasteiger charge is -2.31. The van der Waals surface area contributed by atoms with Gasteiger partial charge >= 0.3 is 6.18 Å². The highest BCUT2D eigenvalue weighted by Crippen LogP contribution is 2.34. The van der Waals surface area contributed by atoms with E-state index < -0.39 is 23.6 Å². The van der Waals surface area contributed by atoms with Gasteiger partial charge in [0.2, 0.25) is 5.91 Å². The van der Waals surface area contributed by atoms with E-state index in [9.17, 15) is 22.4 Å².